The largest absolute Gasteiger partial charge is 0.395 e. The fourth-order valence-corrected chi connectivity index (χ4v) is 2.19. The number of sulfonamides is 1. The lowest BCUT2D eigenvalue weighted by Gasteiger charge is -2.05. The van der Waals surface area contributed by atoms with Crippen LogP contribution >= 0.6 is 0 Å². The van der Waals surface area contributed by atoms with Crippen molar-refractivity contribution in [2.24, 2.45) is 4.99 Å². The fourth-order valence-electron chi connectivity index (χ4n) is 1.17. The van der Waals surface area contributed by atoms with Gasteiger partial charge < -0.3 is 5.11 Å². The summed E-state index contributed by atoms with van der Waals surface area (Å²) in [6.45, 7) is 3.61. The molecule has 1 aromatic carbocycles. The van der Waals surface area contributed by atoms with Gasteiger partial charge in [0, 0.05) is 6.54 Å². The van der Waals surface area contributed by atoms with Gasteiger partial charge in [0.05, 0.1) is 18.0 Å². The quantitative estimate of drug-likeness (QED) is 0.697. The van der Waals surface area contributed by atoms with Crippen molar-refractivity contribution < 1.29 is 13.5 Å². The number of rotatable bonds is 6. The number of nitrogens with zero attached hydrogens (tertiary/aromatic N) is 1. The van der Waals surface area contributed by atoms with Crippen molar-refractivity contribution >= 4 is 16.7 Å². The Kier molecular flexibility index (Phi) is 4.60. The summed E-state index contributed by atoms with van der Waals surface area (Å²) in [5.74, 6) is 0. The molecule has 0 aliphatic heterocycles. The minimum absolute atomic E-state index is 0.0122. The molecule has 0 bridgehead atoms. The van der Waals surface area contributed by atoms with Crippen molar-refractivity contribution in [3.63, 3.8) is 0 Å². The first-order valence-corrected chi connectivity index (χ1v) is 6.20. The van der Waals surface area contributed by atoms with Crippen LogP contribution in [-0.4, -0.2) is 33.4 Å². The topological polar surface area (TPSA) is 78.8 Å². The molecule has 0 saturated carbocycles. The zero-order valence-electron chi connectivity index (χ0n) is 8.76. The molecule has 0 unspecified atom stereocenters. The van der Waals surface area contributed by atoms with Crippen molar-refractivity contribution in [1.82, 2.24) is 4.72 Å². The van der Waals surface area contributed by atoms with Crippen LogP contribution < -0.4 is 4.72 Å². The number of benzene rings is 1. The summed E-state index contributed by atoms with van der Waals surface area (Å²) in [6, 6.07) is 6.37. The zero-order chi connectivity index (χ0) is 12.0. The maximum atomic E-state index is 11.6. The maximum absolute atomic E-state index is 11.6. The van der Waals surface area contributed by atoms with Crippen LogP contribution in [0.5, 0.6) is 0 Å². The van der Waals surface area contributed by atoms with Crippen molar-refractivity contribution in [3.8, 4) is 0 Å². The van der Waals surface area contributed by atoms with Crippen molar-refractivity contribution in [3.05, 3.63) is 29.8 Å². The highest BCUT2D eigenvalue weighted by atomic mass is 32.2. The Morgan fingerprint density at radius 2 is 1.94 bits per heavy atom. The minimum atomic E-state index is -3.51. The molecule has 88 valence electrons. The van der Waals surface area contributed by atoms with E-state index in [1.165, 1.54) is 12.1 Å². The molecule has 0 radical (unpaired) electrons. The van der Waals surface area contributed by atoms with E-state index in [-0.39, 0.29) is 18.0 Å². The standard InChI is InChI=1S/C10H14N2O3S/c1-11-8-9-2-4-10(5-3-9)16(14,15)12-6-7-13/h2-5,12-13H,1,6-8H2. The van der Waals surface area contributed by atoms with E-state index in [9.17, 15) is 8.42 Å². The van der Waals surface area contributed by atoms with Gasteiger partial charge in [0.15, 0.2) is 0 Å². The molecule has 1 rings (SSSR count). The highest BCUT2D eigenvalue weighted by Crippen LogP contribution is 2.10. The first kappa shape index (κ1) is 12.8. The predicted octanol–water partition coefficient (Wildman–Crippen LogP) is 0.158. The molecule has 0 aliphatic carbocycles. The lowest BCUT2D eigenvalue weighted by molar-refractivity contribution is 0.301. The SMILES string of the molecule is C=NCc1ccc(S(=O)(=O)NCCO)cc1. The number of nitrogens with one attached hydrogen (secondary N) is 1. The first-order valence-electron chi connectivity index (χ1n) is 4.72. The zero-order valence-corrected chi connectivity index (χ0v) is 9.57. The Balaban J connectivity index is 2.84. The summed E-state index contributed by atoms with van der Waals surface area (Å²) < 4.78 is 25.5. The van der Waals surface area contributed by atoms with E-state index in [1.54, 1.807) is 12.1 Å². The van der Waals surface area contributed by atoms with Gasteiger partial charge in [-0.15, -0.1) is 0 Å². The van der Waals surface area contributed by atoms with Gasteiger partial charge in [0.25, 0.3) is 0 Å². The van der Waals surface area contributed by atoms with Crippen molar-refractivity contribution in [1.29, 1.82) is 0 Å². The van der Waals surface area contributed by atoms with Crippen LogP contribution in [0.2, 0.25) is 0 Å². The third-order valence-electron chi connectivity index (χ3n) is 1.93. The van der Waals surface area contributed by atoms with Gasteiger partial charge >= 0.3 is 0 Å². The molecule has 2 N–H and O–H groups in total. The average Bonchev–Trinajstić information content (AvgIpc) is 2.28. The molecule has 0 saturated heterocycles. The van der Waals surface area contributed by atoms with E-state index in [2.05, 4.69) is 16.4 Å². The first-order chi connectivity index (χ1) is 7.60. The van der Waals surface area contributed by atoms with Gasteiger partial charge in [-0.3, -0.25) is 4.99 Å². The number of hydrogen-bond donors (Lipinski definition) is 2. The molecular formula is C10H14N2O3S. The minimum Gasteiger partial charge on any atom is -0.395 e. The van der Waals surface area contributed by atoms with Crippen molar-refractivity contribution in [2.75, 3.05) is 13.2 Å². The lowest BCUT2D eigenvalue weighted by Crippen LogP contribution is -2.26. The molecule has 0 amide bonds. The average molecular weight is 242 g/mol. The van der Waals surface area contributed by atoms with E-state index < -0.39 is 10.0 Å². The monoisotopic (exact) mass is 242 g/mol. The Bertz CT molecular complexity index is 440. The van der Waals surface area contributed by atoms with Gasteiger partial charge in [-0.25, -0.2) is 13.1 Å². The Hall–Kier alpha value is -1.24. The molecule has 0 aromatic heterocycles. The summed E-state index contributed by atoms with van der Waals surface area (Å²) >= 11 is 0. The highest BCUT2D eigenvalue weighted by molar-refractivity contribution is 7.89. The van der Waals surface area contributed by atoms with E-state index >= 15 is 0 Å². The van der Waals surface area contributed by atoms with Crippen LogP contribution in [0.25, 0.3) is 0 Å². The predicted molar refractivity (Wildman–Crippen MR) is 62.0 cm³/mol. The Morgan fingerprint density at radius 3 is 2.44 bits per heavy atom. The maximum Gasteiger partial charge on any atom is 0.240 e. The summed E-state index contributed by atoms with van der Waals surface area (Å²) in [5.41, 5.74) is 0.899. The van der Waals surface area contributed by atoms with Crippen LogP contribution in [0.1, 0.15) is 5.56 Å². The third-order valence-corrected chi connectivity index (χ3v) is 3.41. The highest BCUT2D eigenvalue weighted by Gasteiger charge is 2.12. The molecule has 0 atom stereocenters. The summed E-state index contributed by atoms with van der Waals surface area (Å²) in [6.07, 6.45) is 0. The van der Waals surface area contributed by atoms with E-state index in [0.29, 0.717) is 6.54 Å². The number of aliphatic hydroxyl groups excluding tert-OH is 1. The van der Waals surface area contributed by atoms with E-state index in [1.807, 2.05) is 0 Å². The fraction of sp³-hybridized carbons (Fsp3) is 0.300. The van der Waals surface area contributed by atoms with Gasteiger partial charge in [0.1, 0.15) is 0 Å². The molecule has 16 heavy (non-hydrogen) atoms. The number of hydrogen-bond acceptors (Lipinski definition) is 4. The van der Waals surface area contributed by atoms with Crippen LogP contribution in [-0.2, 0) is 16.6 Å². The summed E-state index contributed by atoms with van der Waals surface area (Å²) in [5, 5.41) is 8.54. The Morgan fingerprint density at radius 1 is 1.31 bits per heavy atom. The Labute approximate surface area is 94.9 Å². The second-order valence-electron chi connectivity index (χ2n) is 3.15. The molecule has 6 heteroatoms. The van der Waals surface area contributed by atoms with Gasteiger partial charge in [-0.05, 0) is 24.4 Å². The molecule has 0 spiro atoms. The van der Waals surface area contributed by atoms with Crippen LogP contribution in [0.15, 0.2) is 34.2 Å². The second-order valence-corrected chi connectivity index (χ2v) is 4.91. The van der Waals surface area contributed by atoms with Gasteiger partial charge in [0.2, 0.25) is 10.0 Å². The molecule has 0 aliphatic rings. The molecule has 5 nitrogen and oxygen atoms in total. The van der Waals surface area contributed by atoms with Gasteiger partial charge in [-0.2, -0.15) is 0 Å². The molecule has 0 fully saturated rings. The third kappa shape index (κ3) is 3.41. The van der Waals surface area contributed by atoms with Crippen LogP contribution in [0.4, 0.5) is 0 Å². The molecular weight excluding hydrogens is 228 g/mol. The van der Waals surface area contributed by atoms with Crippen LogP contribution in [0.3, 0.4) is 0 Å². The number of aliphatic hydroxyl groups is 1. The van der Waals surface area contributed by atoms with Gasteiger partial charge in [-0.1, -0.05) is 12.1 Å². The van der Waals surface area contributed by atoms with Crippen molar-refractivity contribution in [2.45, 2.75) is 11.4 Å². The smallest absolute Gasteiger partial charge is 0.240 e. The lowest BCUT2D eigenvalue weighted by atomic mass is 10.2. The number of aliphatic imine (C=N–C) groups is 1. The van der Waals surface area contributed by atoms with E-state index in [0.717, 1.165) is 5.56 Å². The van der Waals surface area contributed by atoms with Crippen LogP contribution in [0, 0.1) is 0 Å². The normalized spacial score (nSPS) is 11.3. The summed E-state index contributed by atoms with van der Waals surface area (Å²) in [7, 11) is -3.51. The second kappa shape index (κ2) is 5.74. The summed E-state index contributed by atoms with van der Waals surface area (Å²) in [4.78, 5) is 3.87. The molecule has 1 aromatic rings. The van der Waals surface area contributed by atoms with E-state index in [4.69, 9.17) is 5.11 Å². The molecule has 0 heterocycles.